The number of rotatable bonds is 3. The summed E-state index contributed by atoms with van der Waals surface area (Å²) in [5.41, 5.74) is 1.60. The quantitative estimate of drug-likeness (QED) is 0.728. The molecule has 1 saturated heterocycles. The first kappa shape index (κ1) is 16.3. The van der Waals surface area contributed by atoms with Gasteiger partial charge in [-0.3, -0.25) is 4.79 Å². The highest BCUT2D eigenvalue weighted by Crippen LogP contribution is 2.24. The SMILES string of the molecule is COc1cccc(C(=O)N2CCN(c3ncnc4ccccc34)CC2)c1. The third kappa shape index (κ3) is 3.06. The lowest BCUT2D eigenvalue weighted by molar-refractivity contribution is 0.0746. The molecule has 0 N–H and O–H groups in total. The highest BCUT2D eigenvalue weighted by atomic mass is 16.5. The summed E-state index contributed by atoms with van der Waals surface area (Å²) in [5.74, 6) is 1.67. The van der Waals surface area contributed by atoms with Crippen molar-refractivity contribution in [1.29, 1.82) is 0 Å². The zero-order chi connectivity index (χ0) is 17.9. The van der Waals surface area contributed by atoms with E-state index in [1.165, 1.54) is 0 Å². The van der Waals surface area contributed by atoms with Crippen LogP contribution in [0.1, 0.15) is 10.4 Å². The number of methoxy groups -OCH3 is 1. The number of carbonyl (C=O) groups is 1. The molecule has 1 fully saturated rings. The van der Waals surface area contributed by atoms with E-state index in [2.05, 4.69) is 14.9 Å². The van der Waals surface area contributed by atoms with E-state index in [0.717, 1.165) is 29.8 Å². The van der Waals surface area contributed by atoms with Gasteiger partial charge >= 0.3 is 0 Å². The normalized spacial score (nSPS) is 14.5. The smallest absolute Gasteiger partial charge is 0.254 e. The van der Waals surface area contributed by atoms with Crippen LogP contribution >= 0.6 is 0 Å². The molecular formula is C20H20N4O2. The molecule has 2 heterocycles. The maximum atomic E-state index is 12.7. The van der Waals surface area contributed by atoms with Crippen molar-refractivity contribution in [3.63, 3.8) is 0 Å². The van der Waals surface area contributed by atoms with E-state index in [-0.39, 0.29) is 5.91 Å². The Balaban J connectivity index is 1.49. The summed E-state index contributed by atoms with van der Waals surface area (Å²) in [7, 11) is 1.61. The molecule has 0 radical (unpaired) electrons. The van der Waals surface area contributed by atoms with E-state index in [0.29, 0.717) is 24.4 Å². The Bertz CT molecular complexity index is 931. The number of para-hydroxylation sites is 1. The Morgan fingerprint density at radius 2 is 1.81 bits per heavy atom. The number of ether oxygens (including phenoxy) is 1. The molecule has 0 unspecified atom stereocenters. The molecule has 0 bridgehead atoms. The minimum absolute atomic E-state index is 0.0381. The van der Waals surface area contributed by atoms with E-state index >= 15 is 0 Å². The number of hydrogen-bond donors (Lipinski definition) is 0. The number of nitrogens with zero attached hydrogens (tertiary/aromatic N) is 4. The average molecular weight is 348 g/mol. The van der Waals surface area contributed by atoms with Crippen molar-refractivity contribution in [3.05, 3.63) is 60.4 Å². The predicted molar refractivity (Wildman–Crippen MR) is 101 cm³/mol. The van der Waals surface area contributed by atoms with E-state index in [1.807, 2.05) is 47.4 Å². The van der Waals surface area contributed by atoms with Gasteiger partial charge in [0.25, 0.3) is 5.91 Å². The Morgan fingerprint density at radius 1 is 1.00 bits per heavy atom. The first-order chi connectivity index (χ1) is 12.8. The third-order valence-corrected chi connectivity index (χ3v) is 4.70. The Hall–Kier alpha value is -3.15. The van der Waals surface area contributed by atoms with Crippen LogP contribution in [0, 0.1) is 0 Å². The monoisotopic (exact) mass is 348 g/mol. The first-order valence-corrected chi connectivity index (χ1v) is 8.64. The molecule has 2 aromatic carbocycles. The number of aromatic nitrogens is 2. The van der Waals surface area contributed by atoms with Crippen molar-refractivity contribution < 1.29 is 9.53 Å². The number of hydrogen-bond acceptors (Lipinski definition) is 5. The van der Waals surface area contributed by atoms with Crippen LogP contribution in [0.2, 0.25) is 0 Å². The van der Waals surface area contributed by atoms with Gasteiger partial charge in [-0.2, -0.15) is 0 Å². The second-order valence-electron chi connectivity index (χ2n) is 6.23. The molecule has 1 aromatic heterocycles. The van der Waals surface area contributed by atoms with Crippen molar-refractivity contribution in [1.82, 2.24) is 14.9 Å². The van der Waals surface area contributed by atoms with Gasteiger partial charge in [-0.05, 0) is 30.3 Å². The number of carbonyl (C=O) groups excluding carboxylic acids is 1. The highest BCUT2D eigenvalue weighted by molar-refractivity contribution is 5.95. The molecule has 0 aliphatic carbocycles. The van der Waals surface area contributed by atoms with E-state index < -0.39 is 0 Å². The Morgan fingerprint density at radius 3 is 2.62 bits per heavy atom. The summed E-state index contributed by atoms with van der Waals surface area (Å²) >= 11 is 0. The van der Waals surface area contributed by atoms with Crippen molar-refractivity contribution in [3.8, 4) is 5.75 Å². The fourth-order valence-electron chi connectivity index (χ4n) is 3.30. The summed E-state index contributed by atoms with van der Waals surface area (Å²) in [6, 6.07) is 15.3. The van der Waals surface area contributed by atoms with E-state index in [1.54, 1.807) is 19.5 Å². The van der Waals surface area contributed by atoms with Crippen LogP contribution in [0.3, 0.4) is 0 Å². The van der Waals surface area contributed by atoms with Gasteiger partial charge in [0.05, 0.1) is 12.6 Å². The lowest BCUT2D eigenvalue weighted by atomic mass is 10.1. The molecule has 0 spiro atoms. The molecule has 1 aliphatic heterocycles. The fourth-order valence-corrected chi connectivity index (χ4v) is 3.30. The second-order valence-corrected chi connectivity index (χ2v) is 6.23. The van der Waals surface area contributed by atoms with Gasteiger partial charge in [-0.15, -0.1) is 0 Å². The van der Waals surface area contributed by atoms with Crippen LogP contribution in [0.15, 0.2) is 54.9 Å². The van der Waals surface area contributed by atoms with Crippen molar-refractivity contribution in [2.24, 2.45) is 0 Å². The average Bonchev–Trinajstić information content (AvgIpc) is 2.73. The van der Waals surface area contributed by atoms with Crippen molar-refractivity contribution in [2.45, 2.75) is 0 Å². The van der Waals surface area contributed by atoms with Crippen LogP contribution < -0.4 is 9.64 Å². The minimum Gasteiger partial charge on any atom is -0.497 e. The van der Waals surface area contributed by atoms with E-state index in [4.69, 9.17) is 4.74 Å². The molecule has 26 heavy (non-hydrogen) atoms. The van der Waals surface area contributed by atoms with E-state index in [9.17, 15) is 4.79 Å². The van der Waals surface area contributed by atoms with Gasteiger partial charge in [0, 0.05) is 37.1 Å². The van der Waals surface area contributed by atoms with Gasteiger partial charge in [0.1, 0.15) is 17.9 Å². The zero-order valence-corrected chi connectivity index (χ0v) is 14.6. The van der Waals surface area contributed by atoms with Gasteiger partial charge in [0.15, 0.2) is 0 Å². The Labute approximate surface area is 152 Å². The first-order valence-electron chi connectivity index (χ1n) is 8.64. The van der Waals surface area contributed by atoms with Crippen molar-refractivity contribution >= 4 is 22.6 Å². The molecule has 3 aromatic rings. The standard InChI is InChI=1S/C20H20N4O2/c1-26-16-6-4-5-15(13-16)20(25)24-11-9-23(10-12-24)19-17-7-2-3-8-18(17)21-14-22-19/h2-8,13-14H,9-12H2,1H3. The van der Waals surface area contributed by atoms with Crippen LogP contribution in [0.4, 0.5) is 5.82 Å². The molecule has 1 aliphatic rings. The molecule has 6 heteroatoms. The molecule has 4 rings (SSSR count). The maximum Gasteiger partial charge on any atom is 0.254 e. The number of fused-ring (bicyclic) bond motifs is 1. The van der Waals surface area contributed by atoms with Gasteiger partial charge in [0.2, 0.25) is 0 Å². The second kappa shape index (κ2) is 7.00. The molecule has 132 valence electrons. The topological polar surface area (TPSA) is 58.6 Å². The number of benzene rings is 2. The summed E-state index contributed by atoms with van der Waals surface area (Å²) in [6.07, 6.45) is 1.60. The van der Waals surface area contributed by atoms with Gasteiger partial charge in [-0.1, -0.05) is 18.2 Å². The lowest BCUT2D eigenvalue weighted by Gasteiger charge is -2.35. The fraction of sp³-hybridized carbons (Fsp3) is 0.250. The molecular weight excluding hydrogens is 328 g/mol. The van der Waals surface area contributed by atoms with Gasteiger partial charge < -0.3 is 14.5 Å². The number of piperazine rings is 1. The van der Waals surface area contributed by atoms with Crippen LogP contribution in [-0.4, -0.2) is 54.1 Å². The molecule has 1 amide bonds. The predicted octanol–water partition coefficient (Wildman–Crippen LogP) is 2.60. The summed E-state index contributed by atoms with van der Waals surface area (Å²) in [5, 5.41) is 1.04. The Kier molecular flexibility index (Phi) is 4.39. The molecule has 0 saturated carbocycles. The molecule has 6 nitrogen and oxygen atoms in total. The highest BCUT2D eigenvalue weighted by Gasteiger charge is 2.24. The lowest BCUT2D eigenvalue weighted by Crippen LogP contribution is -2.49. The molecule has 0 atom stereocenters. The van der Waals surface area contributed by atoms with Crippen LogP contribution in [-0.2, 0) is 0 Å². The summed E-state index contributed by atoms with van der Waals surface area (Å²) in [6.45, 7) is 2.82. The van der Waals surface area contributed by atoms with Crippen LogP contribution in [0.5, 0.6) is 5.75 Å². The maximum absolute atomic E-state index is 12.7. The number of amides is 1. The zero-order valence-electron chi connectivity index (χ0n) is 14.6. The summed E-state index contributed by atoms with van der Waals surface area (Å²) in [4.78, 5) is 25.7. The van der Waals surface area contributed by atoms with Crippen molar-refractivity contribution in [2.75, 3.05) is 38.2 Å². The van der Waals surface area contributed by atoms with Crippen LogP contribution in [0.25, 0.3) is 10.9 Å². The minimum atomic E-state index is 0.0381. The van der Waals surface area contributed by atoms with Gasteiger partial charge in [-0.25, -0.2) is 9.97 Å². The third-order valence-electron chi connectivity index (χ3n) is 4.70. The summed E-state index contributed by atoms with van der Waals surface area (Å²) < 4.78 is 5.21. The number of anilines is 1. The largest absolute Gasteiger partial charge is 0.497 e.